The van der Waals surface area contributed by atoms with Crippen molar-refractivity contribution in [3.8, 4) is 5.75 Å². The Kier molecular flexibility index (Phi) is 8.39. The van der Waals surface area contributed by atoms with Gasteiger partial charge in [-0.05, 0) is 67.1 Å². The van der Waals surface area contributed by atoms with Gasteiger partial charge in [-0.2, -0.15) is 0 Å². The highest BCUT2D eigenvalue weighted by atomic mass is 79.9. The molecule has 2 N–H and O–H groups in total. The van der Waals surface area contributed by atoms with E-state index in [0.29, 0.717) is 28.9 Å². The van der Waals surface area contributed by atoms with Crippen molar-refractivity contribution in [3.63, 3.8) is 0 Å². The van der Waals surface area contributed by atoms with Gasteiger partial charge in [-0.15, -0.1) is 0 Å². The van der Waals surface area contributed by atoms with Crippen molar-refractivity contribution in [2.75, 3.05) is 19.7 Å². The van der Waals surface area contributed by atoms with Crippen molar-refractivity contribution in [2.45, 2.75) is 39.3 Å². The van der Waals surface area contributed by atoms with E-state index in [1.54, 1.807) is 25.1 Å². The molecule has 1 unspecified atom stereocenters. The zero-order valence-electron chi connectivity index (χ0n) is 16.5. The first kappa shape index (κ1) is 23.1. The molecule has 10 heteroatoms. The van der Waals surface area contributed by atoms with Crippen LogP contribution in [-0.4, -0.2) is 59.6 Å². The minimum absolute atomic E-state index is 0.000124. The second-order valence-corrected chi connectivity index (χ2v) is 7.82. The Hall–Kier alpha value is -2.20. The minimum atomic E-state index is -0.829. The van der Waals surface area contributed by atoms with Crippen LogP contribution in [-0.2, 0) is 14.3 Å². The summed E-state index contributed by atoms with van der Waals surface area (Å²) in [6.07, 6.45) is -0.150. The Morgan fingerprint density at radius 3 is 2.76 bits per heavy atom. The van der Waals surface area contributed by atoms with Gasteiger partial charge in [0.2, 0.25) is 5.91 Å². The molecule has 0 spiro atoms. The number of esters is 1. The summed E-state index contributed by atoms with van der Waals surface area (Å²) >= 11 is 8.73. The smallest absolute Gasteiger partial charge is 0.308 e. The predicted molar refractivity (Wildman–Crippen MR) is 115 cm³/mol. The largest absolute Gasteiger partial charge is 0.490 e. The Morgan fingerprint density at radius 1 is 1.41 bits per heavy atom. The van der Waals surface area contributed by atoms with E-state index in [0.717, 1.165) is 0 Å². The van der Waals surface area contributed by atoms with Gasteiger partial charge >= 0.3 is 5.97 Å². The van der Waals surface area contributed by atoms with Gasteiger partial charge in [0.15, 0.2) is 5.11 Å². The third-order valence-corrected chi connectivity index (χ3v) is 4.99. The van der Waals surface area contributed by atoms with Gasteiger partial charge in [-0.3, -0.25) is 19.7 Å². The molecule has 1 aliphatic rings. The summed E-state index contributed by atoms with van der Waals surface area (Å²) in [5.41, 5.74) is 0.374. The number of carbonyl (C=O) groups is 3. The van der Waals surface area contributed by atoms with Crippen LogP contribution in [0.5, 0.6) is 5.75 Å². The maximum absolute atomic E-state index is 12.6. The minimum Gasteiger partial charge on any atom is -0.490 e. The van der Waals surface area contributed by atoms with E-state index in [1.807, 2.05) is 13.8 Å². The average Bonchev–Trinajstić information content (AvgIpc) is 2.64. The number of halogens is 1. The van der Waals surface area contributed by atoms with Crippen LogP contribution in [0, 0.1) is 0 Å². The van der Waals surface area contributed by atoms with Crippen molar-refractivity contribution >= 4 is 51.0 Å². The molecular weight excluding hydrogens is 462 g/mol. The molecular formula is C19H24BrN3O5S. The molecule has 1 aliphatic heterocycles. The third kappa shape index (κ3) is 6.40. The molecule has 158 valence electrons. The maximum atomic E-state index is 12.6. The monoisotopic (exact) mass is 485 g/mol. The summed E-state index contributed by atoms with van der Waals surface area (Å²) in [5, 5.41) is 5.41. The van der Waals surface area contributed by atoms with Gasteiger partial charge in [-0.1, -0.05) is 0 Å². The van der Waals surface area contributed by atoms with Crippen LogP contribution >= 0.6 is 28.1 Å². The second-order valence-electron chi connectivity index (χ2n) is 6.58. The van der Waals surface area contributed by atoms with Crippen molar-refractivity contribution in [3.05, 3.63) is 28.2 Å². The topological polar surface area (TPSA) is 97.0 Å². The zero-order valence-corrected chi connectivity index (χ0v) is 18.9. The Morgan fingerprint density at radius 2 is 2.14 bits per heavy atom. The molecule has 1 aromatic rings. The van der Waals surface area contributed by atoms with E-state index in [-0.39, 0.29) is 30.2 Å². The van der Waals surface area contributed by atoms with Crippen LogP contribution in [0.25, 0.3) is 0 Å². The summed E-state index contributed by atoms with van der Waals surface area (Å²) in [6, 6.07) is 4.12. The van der Waals surface area contributed by atoms with Crippen LogP contribution < -0.4 is 15.4 Å². The molecule has 0 aliphatic carbocycles. The van der Waals surface area contributed by atoms with Gasteiger partial charge in [0, 0.05) is 18.7 Å². The van der Waals surface area contributed by atoms with E-state index in [4.69, 9.17) is 21.7 Å². The molecule has 0 radical (unpaired) electrons. The molecule has 0 saturated carbocycles. The molecule has 1 atom stereocenters. The molecule has 0 aromatic heterocycles. The van der Waals surface area contributed by atoms with Crippen LogP contribution in [0.15, 0.2) is 22.7 Å². The SMILES string of the molecule is CCOC(=O)CC1C(=O)NCCN1C(=S)NC(=O)c1ccc(OC(C)C)c(Br)c1. The number of thiocarbonyl (C=S) groups is 1. The summed E-state index contributed by atoms with van der Waals surface area (Å²) in [5.74, 6) is -0.633. The van der Waals surface area contributed by atoms with Gasteiger partial charge < -0.3 is 19.7 Å². The summed E-state index contributed by atoms with van der Waals surface area (Å²) < 4.78 is 11.2. The van der Waals surface area contributed by atoms with Crippen molar-refractivity contribution in [1.82, 2.24) is 15.5 Å². The molecule has 29 heavy (non-hydrogen) atoms. The van der Waals surface area contributed by atoms with E-state index in [9.17, 15) is 14.4 Å². The molecule has 1 fully saturated rings. The summed E-state index contributed by atoms with van der Waals surface area (Å²) in [7, 11) is 0. The second kappa shape index (κ2) is 10.5. The number of rotatable bonds is 6. The number of hydrogen-bond acceptors (Lipinski definition) is 6. The zero-order chi connectivity index (χ0) is 21.6. The standard InChI is InChI=1S/C19H24BrN3O5S/c1-4-27-16(24)10-14-18(26)21-7-8-23(14)19(29)22-17(25)12-5-6-15(13(20)9-12)28-11(2)3/h5-6,9,11,14H,4,7-8,10H2,1-3H3,(H,21,26)(H,22,25,29). The van der Waals surface area contributed by atoms with Gasteiger partial charge in [0.25, 0.3) is 5.91 Å². The van der Waals surface area contributed by atoms with Crippen molar-refractivity contribution in [1.29, 1.82) is 0 Å². The van der Waals surface area contributed by atoms with E-state index >= 15 is 0 Å². The number of ether oxygens (including phenoxy) is 2. The van der Waals surface area contributed by atoms with Gasteiger partial charge in [0.1, 0.15) is 11.8 Å². The quantitative estimate of drug-likeness (QED) is 0.469. The molecule has 1 heterocycles. The van der Waals surface area contributed by atoms with E-state index < -0.39 is 17.9 Å². The highest BCUT2D eigenvalue weighted by Crippen LogP contribution is 2.27. The lowest BCUT2D eigenvalue weighted by molar-refractivity contribution is -0.147. The van der Waals surface area contributed by atoms with Crippen molar-refractivity contribution in [2.24, 2.45) is 0 Å². The summed E-state index contributed by atoms with van der Waals surface area (Å²) in [6.45, 7) is 6.47. The normalized spacial score (nSPS) is 16.2. The van der Waals surface area contributed by atoms with Crippen LogP contribution in [0.2, 0.25) is 0 Å². The Labute approximate surface area is 183 Å². The molecule has 0 bridgehead atoms. The average molecular weight is 486 g/mol. The molecule has 2 amide bonds. The number of piperazine rings is 1. The first-order chi connectivity index (χ1) is 13.7. The maximum Gasteiger partial charge on any atom is 0.308 e. The first-order valence-electron chi connectivity index (χ1n) is 9.24. The Balaban J connectivity index is 2.08. The van der Waals surface area contributed by atoms with Gasteiger partial charge in [-0.25, -0.2) is 0 Å². The number of nitrogens with one attached hydrogen (secondary N) is 2. The lowest BCUT2D eigenvalue weighted by Gasteiger charge is -2.36. The molecule has 1 aromatic carbocycles. The molecule has 2 rings (SSSR count). The highest BCUT2D eigenvalue weighted by molar-refractivity contribution is 9.10. The lowest BCUT2D eigenvalue weighted by atomic mass is 10.1. The van der Waals surface area contributed by atoms with Gasteiger partial charge in [0.05, 0.1) is 23.6 Å². The highest BCUT2D eigenvalue weighted by Gasteiger charge is 2.34. The molecule has 1 saturated heterocycles. The third-order valence-electron chi connectivity index (χ3n) is 4.03. The van der Waals surface area contributed by atoms with Crippen LogP contribution in [0.4, 0.5) is 0 Å². The number of hydrogen-bond donors (Lipinski definition) is 2. The molecule has 8 nitrogen and oxygen atoms in total. The number of carbonyl (C=O) groups excluding carboxylic acids is 3. The Bertz CT molecular complexity index is 802. The van der Waals surface area contributed by atoms with Crippen LogP contribution in [0.1, 0.15) is 37.6 Å². The fraction of sp³-hybridized carbons (Fsp3) is 0.474. The van der Waals surface area contributed by atoms with Crippen molar-refractivity contribution < 1.29 is 23.9 Å². The first-order valence-corrected chi connectivity index (χ1v) is 10.4. The number of amides is 2. The number of benzene rings is 1. The lowest BCUT2D eigenvalue weighted by Crippen LogP contribution is -2.60. The number of nitrogens with zero attached hydrogens (tertiary/aromatic N) is 1. The fourth-order valence-corrected chi connectivity index (χ4v) is 3.55. The van der Waals surface area contributed by atoms with Crippen LogP contribution in [0.3, 0.4) is 0 Å². The van der Waals surface area contributed by atoms with E-state index in [1.165, 1.54) is 4.90 Å². The van der Waals surface area contributed by atoms with E-state index in [2.05, 4.69) is 26.6 Å². The fourth-order valence-electron chi connectivity index (χ4n) is 2.77. The summed E-state index contributed by atoms with van der Waals surface area (Å²) in [4.78, 5) is 38.2. The predicted octanol–water partition coefficient (Wildman–Crippen LogP) is 2.00.